The summed E-state index contributed by atoms with van der Waals surface area (Å²) in [4.78, 5) is 4.63. The van der Waals surface area contributed by atoms with Crippen molar-refractivity contribution in [1.29, 1.82) is 0 Å². The van der Waals surface area contributed by atoms with Crippen molar-refractivity contribution in [3.63, 3.8) is 0 Å². The highest BCUT2D eigenvalue weighted by Crippen LogP contribution is 2.28. The van der Waals surface area contributed by atoms with Gasteiger partial charge in [-0.25, -0.2) is 0 Å². The predicted molar refractivity (Wildman–Crippen MR) is 89.3 cm³/mol. The van der Waals surface area contributed by atoms with Gasteiger partial charge in [-0.2, -0.15) is 11.3 Å². The highest BCUT2D eigenvalue weighted by Gasteiger charge is 2.16. The van der Waals surface area contributed by atoms with Crippen LogP contribution in [0.1, 0.15) is 41.8 Å². The molecular weight excluding hydrogens is 280 g/mol. The van der Waals surface area contributed by atoms with E-state index in [0.29, 0.717) is 6.04 Å². The number of hydrogen-bond donors (Lipinski definition) is 1. The molecule has 2 rings (SSSR count). The summed E-state index contributed by atoms with van der Waals surface area (Å²) < 4.78 is 5.51. The topological polar surface area (TPSA) is 34.2 Å². The van der Waals surface area contributed by atoms with Crippen LogP contribution in [0.3, 0.4) is 0 Å². The van der Waals surface area contributed by atoms with Crippen LogP contribution in [0, 0.1) is 13.8 Å². The van der Waals surface area contributed by atoms with Crippen LogP contribution in [0.5, 0.6) is 5.75 Å². The number of rotatable bonds is 7. The molecule has 2 heterocycles. The Morgan fingerprint density at radius 3 is 2.81 bits per heavy atom. The molecule has 1 N–H and O–H groups in total. The molecule has 1 unspecified atom stereocenters. The second-order valence-corrected chi connectivity index (χ2v) is 6.09. The molecule has 0 aliphatic rings. The van der Waals surface area contributed by atoms with Crippen molar-refractivity contribution in [2.45, 2.75) is 39.7 Å². The van der Waals surface area contributed by atoms with Crippen LogP contribution in [0.2, 0.25) is 0 Å². The van der Waals surface area contributed by atoms with Crippen molar-refractivity contribution in [3.8, 4) is 5.75 Å². The van der Waals surface area contributed by atoms with Crippen molar-refractivity contribution < 1.29 is 4.74 Å². The normalized spacial score (nSPS) is 12.4. The lowest BCUT2D eigenvalue weighted by molar-refractivity contribution is 0.406. The van der Waals surface area contributed by atoms with Crippen molar-refractivity contribution >= 4 is 11.3 Å². The molecule has 0 aliphatic heterocycles. The molecule has 0 aliphatic carbocycles. The summed E-state index contributed by atoms with van der Waals surface area (Å²) in [6.07, 6.45) is 3.93. The third-order valence-corrected chi connectivity index (χ3v) is 4.44. The number of pyridine rings is 1. The zero-order chi connectivity index (χ0) is 15.2. The standard InChI is InChI=1S/C17H24N2OS/c1-5-7-18-16(14-6-8-21-11-14)9-15-13(3)17(20-4)12(2)10-19-15/h6,8,10-11,16,18H,5,7,9H2,1-4H3. The molecule has 1 atom stereocenters. The first kappa shape index (κ1) is 16.0. The van der Waals surface area contributed by atoms with Gasteiger partial charge in [-0.05, 0) is 49.2 Å². The molecule has 2 aromatic heterocycles. The summed E-state index contributed by atoms with van der Waals surface area (Å²) in [5, 5.41) is 7.97. The van der Waals surface area contributed by atoms with E-state index in [2.05, 4.69) is 41.0 Å². The monoisotopic (exact) mass is 304 g/mol. The van der Waals surface area contributed by atoms with Gasteiger partial charge >= 0.3 is 0 Å². The molecule has 0 aromatic carbocycles. The summed E-state index contributed by atoms with van der Waals surface area (Å²) >= 11 is 1.74. The Balaban J connectivity index is 2.24. The SMILES string of the molecule is CCCNC(Cc1ncc(C)c(OC)c1C)c1ccsc1. The third kappa shape index (κ3) is 3.83. The van der Waals surface area contributed by atoms with Crippen molar-refractivity contribution in [2.24, 2.45) is 0 Å². The average molecular weight is 304 g/mol. The van der Waals surface area contributed by atoms with Gasteiger partial charge in [0.1, 0.15) is 5.75 Å². The highest BCUT2D eigenvalue weighted by molar-refractivity contribution is 7.07. The van der Waals surface area contributed by atoms with Gasteiger partial charge in [0.05, 0.1) is 7.11 Å². The quantitative estimate of drug-likeness (QED) is 0.838. The number of nitrogens with one attached hydrogen (secondary N) is 1. The Morgan fingerprint density at radius 2 is 2.19 bits per heavy atom. The van der Waals surface area contributed by atoms with Gasteiger partial charge < -0.3 is 10.1 Å². The lowest BCUT2D eigenvalue weighted by atomic mass is 10.0. The average Bonchev–Trinajstić information content (AvgIpc) is 3.00. The molecule has 0 fully saturated rings. The van der Waals surface area contributed by atoms with Gasteiger partial charge in [0.2, 0.25) is 0 Å². The van der Waals surface area contributed by atoms with Gasteiger partial charge in [-0.15, -0.1) is 0 Å². The van der Waals surface area contributed by atoms with E-state index in [1.807, 2.05) is 13.1 Å². The second-order valence-electron chi connectivity index (χ2n) is 5.31. The van der Waals surface area contributed by atoms with Crippen LogP contribution in [-0.4, -0.2) is 18.6 Å². The van der Waals surface area contributed by atoms with Crippen LogP contribution in [0.25, 0.3) is 0 Å². The summed E-state index contributed by atoms with van der Waals surface area (Å²) in [7, 11) is 1.73. The lowest BCUT2D eigenvalue weighted by Crippen LogP contribution is -2.24. The van der Waals surface area contributed by atoms with Crippen LogP contribution in [-0.2, 0) is 6.42 Å². The fourth-order valence-electron chi connectivity index (χ4n) is 2.57. The maximum Gasteiger partial charge on any atom is 0.128 e. The lowest BCUT2D eigenvalue weighted by Gasteiger charge is -2.19. The largest absolute Gasteiger partial charge is 0.496 e. The molecule has 0 saturated carbocycles. The van der Waals surface area contributed by atoms with E-state index in [1.165, 1.54) is 5.56 Å². The first-order valence-electron chi connectivity index (χ1n) is 7.41. The van der Waals surface area contributed by atoms with Crippen LogP contribution in [0.15, 0.2) is 23.0 Å². The summed E-state index contributed by atoms with van der Waals surface area (Å²) in [6, 6.07) is 2.51. The number of thiophene rings is 1. The van der Waals surface area contributed by atoms with Crippen molar-refractivity contribution in [3.05, 3.63) is 45.4 Å². The number of methoxy groups -OCH3 is 1. The van der Waals surface area contributed by atoms with E-state index in [0.717, 1.165) is 42.0 Å². The van der Waals surface area contributed by atoms with E-state index in [9.17, 15) is 0 Å². The molecule has 0 amide bonds. The van der Waals surface area contributed by atoms with E-state index >= 15 is 0 Å². The minimum absolute atomic E-state index is 0.315. The van der Waals surface area contributed by atoms with Gasteiger partial charge in [0.25, 0.3) is 0 Å². The van der Waals surface area contributed by atoms with Crippen LogP contribution >= 0.6 is 11.3 Å². The molecule has 0 saturated heterocycles. The van der Waals surface area contributed by atoms with Crippen LogP contribution in [0.4, 0.5) is 0 Å². The zero-order valence-corrected chi connectivity index (χ0v) is 14.1. The molecule has 4 heteroatoms. The molecule has 114 valence electrons. The number of aryl methyl sites for hydroxylation is 1. The fourth-order valence-corrected chi connectivity index (χ4v) is 3.28. The smallest absolute Gasteiger partial charge is 0.128 e. The maximum absolute atomic E-state index is 5.51. The number of aromatic nitrogens is 1. The summed E-state index contributed by atoms with van der Waals surface area (Å²) in [5.74, 6) is 0.958. The Morgan fingerprint density at radius 1 is 1.38 bits per heavy atom. The minimum Gasteiger partial charge on any atom is -0.496 e. The Kier molecular flexibility index (Phi) is 5.76. The van der Waals surface area contributed by atoms with Gasteiger partial charge in [-0.3, -0.25) is 4.98 Å². The Hall–Kier alpha value is -1.39. The number of hydrogen-bond acceptors (Lipinski definition) is 4. The van der Waals surface area contributed by atoms with E-state index < -0.39 is 0 Å². The number of nitrogens with zero attached hydrogens (tertiary/aromatic N) is 1. The van der Waals surface area contributed by atoms with Gasteiger partial charge in [0, 0.05) is 35.5 Å². The predicted octanol–water partition coefficient (Wildman–Crippen LogP) is 4.05. The zero-order valence-electron chi connectivity index (χ0n) is 13.3. The fraction of sp³-hybridized carbons (Fsp3) is 0.471. The van der Waals surface area contributed by atoms with Gasteiger partial charge in [-0.1, -0.05) is 6.92 Å². The summed E-state index contributed by atoms with van der Waals surface area (Å²) in [6.45, 7) is 7.34. The van der Waals surface area contributed by atoms with E-state index in [-0.39, 0.29) is 0 Å². The molecule has 0 bridgehead atoms. The highest BCUT2D eigenvalue weighted by atomic mass is 32.1. The number of ether oxygens (including phenoxy) is 1. The second kappa shape index (κ2) is 7.57. The molecule has 21 heavy (non-hydrogen) atoms. The third-order valence-electron chi connectivity index (χ3n) is 3.73. The molecular formula is C17H24N2OS. The Bertz CT molecular complexity index is 566. The van der Waals surface area contributed by atoms with Crippen LogP contribution < -0.4 is 10.1 Å². The first-order chi connectivity index (χ1) is 10.2. The minimum atomic E-state index is 0.315. The van der Waals surface area contributed by atoms with Gasteiger partial charge in [0.15, 0.2) is 0 Å². The summed E-state index contributed by atoms with van der Waals surface area (Å²) in [5.41, 5.74) is 4.69. The van der Waals surface area contributed by atoms with E-state index in [4.69, 9.17) is 4.74 Å². The maximum atomic E-state index is 5.51. The van der Waals surface area contributed by atoms with Crippen molar-refractivity contribution in [1.82, 2.24) is 10.3 Å². The molecule has 2 aromatic rings. The van der Waals surface area contributed by atoms with Crippen molar-refractivity contribution in [2.75, 3.05) is 13.7 Å². The Labute approximate surface area is 131 Å². The van der Waals surface area contributed by atoms with E-state index in [1.54, 1.807) is 18.4 Å². The molecule has 0 spiro atoms. The molecule has 0 radical (unpaired) electrons. The molecule has 3 nitrogen and oxygen atoms in total. The first-order valence-corrected chi connectivity index (χ1v) is 8.36.